The molecule has 0 aromatic heterocycles. The number of nitrogens with zero attached hydrogens (tertiary/aromatic N) is 2. The summed E-state index contributed by atoms with van der Waals surface area (Å²) in [5, 5.41) is 18.8. The molecule has 31 heavy (non-hydrogen) atoms. The van der Waals surface area contributed by atoms with Gasteiger partial charge in [0.1, 0.15) is 11.6 Å². The van der Waals surface area contributed by atoms with Crippen LogP contribution >= 0.6 is 15.9 Å². The van der Waals surface area contributed by atoms with Crippen LogP contribution in [-0.4, -0.2) is 41.6 Å². The Balaban J connectivity index is 1.57. The predicted molar refractivity (Wildman–Crippen MR) is 115 cm³/mol. The molecule has 3 rings (SSSR count). The highest BCUT2D eigenvalue weighted by Gasteiger charge is 2.36. The summed E-state index contributed by atoms with van der Waals surface area (Å²) < 4.78 is 19.5. The van der Waals surface area contributed by atoms with Crippen LogP contribution in [0.3, 0.4) is 0 Å². The maximum atomic E-state index is 13.1. The fraction of sp³-hybridized carbons (Fsp3) is 0.348. The fourth-order valence-electron chi connectivity index (χ4n) is 3.73. The molecule has 1 heterocycles. The van der Waals surface area contributed by atoms with Gasteiger partial charge in [0.25, 0.3) is 5.91 Å². The SMILES string of the molecule is N#CC1(Cc2ccc(F)cc2)CCN(C(=O)COc2ccc(Br)cc2CC(=O)O)CC1. The van der Waals surface area contributed by atoms with E-state index in [-0.39, 0.29) is 24.8 Å². The maximum absolute atomic E-state index is 13.1. The minimum atomic E-state index is -0.987. The molecule has 0 bridgehead atoms. The van der Waals surface area contributed by atoms with E-state index in [4.69, 9.17) is 9.84 Å². The van der Waals surface area contributed by atoms with Crippen molar-refractivity contribution in [2.24, 2.45) is 5.41 Å². The van der Waals surface area contributed by atoms with Crippen LogP contribution in [0.2, 0.25) is 0 Å². The van der Waals surface area contributed by atoms with Crippen molar-refractivity contribution in [3.8, 4) is 11.8 Å². The largest absolute Gasteiger partial charge is 0.483 e. The average Bonchev–Trinajstić information content (AvgIpc) is 2.75. The summed E-state index contributed by atoms with van der Waals surface area (Å²) in [5.41, 5.74) is 0.791. The molecule has 162 valence electrons. The number of hydrogen-bond donors (Lipinski definition) is 1. The van der Waals surface area contributed by atoms with Crippen molar-refractivity contribution in [2.45, 2.75) is 25.7 Å². The molecule has 1 aliphatic rings. The first-order valence-electron chi connectivity index (χ1n) is 9.87. The van der Waals surface area contributed by atoms with Gasteiger partial charge < -0.3 is 14.7 Å². The lowest BCUT2D eigenvalue weighted by Gasteiger charge is -2.37. The molecular formula is C23H22BrFN2O4. The van der Waals surface area contributed by atoms with Gasteiger partial charge >= 0.3 is 5.97 Å². The Morgan fingerprint density at radius 2 is 1.87 bits per heavy atom. The predicted octanol–water partition coefficient (Wildman–Crippen LogP) is 3.97. The molecule has 0 saturated carbocycles. The van der Waals surface area contributed by atoms with E-state index in [2.05, 4.69) is 22.0 Å². The lowest BCUT2D eigenvalue weighted by molar-refractivity contribution is -0.136. The standard InChI is InChI=1S/C23H22BrFN2O4/c24-18-3-6-20(17(11-18)12-22(29)30)31-14-21(28)27-9-7-23(15-26,8-10-27)13-16-1-4-19(25)5-2-16/h1-6,11H,7-10,12-14H2,(H,29,30). The van der Waals surface area contributed by atoms with Crippen molar-refractivity contribution < 1.29 is 23.8 Å². The molecule has 2 aromatic rings. The van der Waals surface area contributed by atoms with Crippen LogP contribution in [0.5, 0.6) is 5.75 Å². The molecule has 2 aromatic carbocycles. The van der Waals surface area contributed by atoms with Crippen LogP contribution in [0.25, 0.3) is 0 Å². The van der Waals surface area contributed by atoms with E-state index in [1.807, 2.05) is 0 Å². The quantitative estimate of drug-likeness (QED) is 0.636. The molecule has 8 heteroatoms. The minimum absolute atomic E-state index is 0.203. The Kier molecular flexibility index (Phi) is 7.29. The van der Waals surface area contributed by atoms with E-state index in [1.54, 1.807) is 35.2 Å². The van der Waals surface area contributed by atoms with Gasteiger partial charge in [-0.05, 0) is 55.2 Å². The van der Waals surface area contributed by atoms with Crippen molar-refractivity contribution >= 4 is 27.8 Å². The van der Waals surface area contributed by atoms with Gasteiger partial charge in [-0.2, -0.15) is 5.26 Å². The van der Waals surface area contributed by atoms with Crippen molar-refractivity contribution in [3.63, 3.8) is 0 Å². The summed E-state index contributed by atoms with van der Waals surface area (Å²) in [6.07, 6.45) is 1.35. The number of halogens is 2. The van der Waals surface area contributed by atoms with Crippen molar-refractivity contribution in [2.75, 3.05) is 19.7 Å². The average molecular weight is 489 g/mol. The van der Waals surface area contributed by atoms with Crippen LogP contribution in [0, 0.1) is 22.6 Å². The van der Waals surface area contributed by atoms with Crippen LogP contribution < -0.4 is 4.74 Å². The Morgan fingerprint density at radius 1 is 1.19 bits per heavy atom. The summed E-state index contributed by atoms with van der Waals surface area (Å²) in [4.78, 5) is 25.3. The number of amides is 1. The minimum Gasteiger partial charge on any atom is -0.483 e. The Hall–Kier alpha value is -2.92. The normalized spacial score (nSPS) is 15.2. The monoisotopic (exact) mass is 488 g/mol. The molecule has 0 unspecified atom stereocenters. The second kappa shape index (κ2) is 9.92. The smallest absolute Gasteiger partial charge is 0.307 e. The fourth-order valence-corrected chi connectivity index (χ4v) is 4.13. The number of carboxylic acid groups (broad SMARTS) is 1. The van der Waals surface area contributed by atoms with Crippen LogP contribution in [0.4, 0.5) is 4.39 Å². The van der Waals surface area contributed by atoms with Gasteiger partial charge in [0.2, 0.25) is 0 Å². The number of piperidine rings is 1. The van der Waals surface area contributed by atoms with E-state index in [0.29, 0.717) is 43.7 Å². The van der Waals surface area contributed by atoms with E-state index < -0.39 is 11.4 Å². The number of hydrogen-bond acceptors (Lipinski definition) is 4. The topological polar surface area (TPSA) is 90.6 Å². The molecule has 1 saturated heterocycles. The van der Waals surface area contributed by atoms with Gasteiger partial charge in [0.15, 0.2) is 6.61 Å². The first-order valence-corrected chi connectivity index (χ1v) is 10.7. The van der Waals surface area contributed by atoms with Gasteiger partial charge in [0, 0.05) is 23.1 Å². The zero-order chi connectivity index (χ0) is 22.4. The number of nitriles is 1. The van der Waals surface area contributed by atoms with E-state index in [9.17, 15) is 19.2 Å². The lowest BCUT2D eigenvalue weighted by Crippen LogP contribution is -2.45. The molecule has 6 nitrogen and oxygen atoms in total. The van der Waals surface area contributed by atoms with Gasteiger partial charge in [-0.15, -0.1) is 0 Å². The lowest BCUT2D eigenvalue weighted by atomic mass is 9.75. The third kappa shape index (κ3) is 6.05. The first kappa shape index (κ1) is 22.8. The molecule has 0 radical (unpaired) electrons. The summed E-state index contributed by atoms with van der Waals surface area (Å²) >= 11 is 3.30. The van der Waals surface area contributed by atoms with Gasteiger partial charge in [-0.3, -0.25) is 9.59 Å². The van der Waals surface area contributed by atoms with Gasteiger partial charge in [-0.25, -0.2) is 4.39 Å². The van der Waals surface area contributed by atoms with Crippen LogP contribution in [0.15, 0.2) is 46.9 Å². The number of aliphatic carboxylic acids is 1. The van der Waals surface area contributed by atoms with Crippen LogP contribution in [-0.2, 0) is 22.4 Å². The molecule has 1 N–H and O–H groups in total. The second-order valence-electron chi connectivity index (χ2n) is 7.69. The van der Waals surface area contributed by atoms with E-state index >= 15 is 0 Å². The number of carbonyl (C=O) groups excluding carboxylic acids is 1. The number of ether oxygens (including phenoxy) is 1. The highest BCUT2D eigenvalue weighted by molar-refractivity contribution is 9.10. The Bertz CT molecular complexity index is 996. The van der Waals surface area contributed by atoms with Crippen LogP contribution in [0.1, 0.15) is 24.0 Å². The molecule has 0 spiro atoms. The van der Waals surface area contributed by atoms with E-state index in [0.717, 1.165) is 10.0 Å². The van der Waals surface area contributed by atoms with Gasteiger partial charge in [-0.1, -0.05) is 28.1 Å². The van der Waals surface area contributed by atoms with E-state index in [1.165, 1.54) is 12.1 Å². The number of carboxylic acids is 1. The first-order chi connectivity index (χ1) is 14.8. The molecule has 1 aliphatic heterocycles. The maximum Gasteiger partial charge on any atom is 0.307 e. The third-order valence-corrected chi connectivity index (χ3v) is 5.97. The number of likely N-dealkylation sites (tertiary alicyclic amines) is 1. The summed E-state index contributed by atoms with van der Waals surface area (Å²) in [7, 11) is 0. The summed E-state index contributed by atoms with van der Waals surface area (Å²) in [5.74, 6) is -1.15. The Labute approximate surface area is 188 Å². The zero-order valence-corrected chi connectivity index (χ0v) is 18.4. The van der Waals surface area contributed by atoms with Crippen molar-refractivity contribution in [1.82, 2.24) is 4.90 Å². The molecule has 0 aliphatic carbocycles. The van der Waals surface area contributed by atoms with Crippen molar-refractivity contribution in [3.05, 3.63) is 63.9 Å². The number of benzene rings is 2. The third-order valence-electron chi connectivity index (χ3n) is 5.48. The molecule has 1 amide bonds. The zero-order valence-electron chi connectivity index (χ0n) is 16.8. The highest BCUT2D eigenvalue weighted by atomic mass is 79.9. The summed E-state index contributed by atoms with van der Waals surface area (Å²) in [6, 6.07) is 13.6. The summed E-state index contributed by atoms with van der Waals surface area (Å²) in [6.45, 7) is 0.657. The second-order valence-corrected chi connectivity index (χ2v) is 8.60. The van der Waals surface area contributed by atoms with Gasteiger partial charge in [0.05, 0.1) is 17.9 Å². The highest BCUT2D eigenvalue weighted by Crippen LogP contribution is 2.34. The molecule has 1 fully saturated rings. The molecule has 0 atom stereocenters. The number of carbonyl (C=O) groups is 2. The molecular weight excluding hydrogens is 467 g/mol. The number of rotatable bonds is 7. The van der Waals surface area contributed by atoms with Crippen molar-refractivity contribution in [1.29, 1.82) is 5.26 Å². The Morgan fingerprint density at radius 3 is 2.48 bits per heavy atom.